The zero-order valence-electron chi connectivity index (χ0n) is 17.0. The van der Waals surface area contributed by atoms with E-state index < -0.39 is 22.4 Å². The summed E-state index contributed by atoms with van der Waals surface area (Å²) in [6.07, 6.45) is 8.62. The van der Waals surface area contributed by atoms with Gasteiger partial charge in [-0.3, -0.25) is 4.79 Å². The Morgan fingerprint density at radius 2 is 1.66 bits per heavy atom. The molecule has 4 saturated carbocycles. The van der Waals surface area contributed by atoms with Crippen LogP contribution in [0.15, 0.2) is 29.2 Å². The van der Waals surface area contributed by atoms with Crippen LogP contribution in [0.25, 0.3) is 0 Å². The number of nitrogens with one attached hydrogen (secondary N) is 1. The van der Waals surface area contributed by atoms with Crippen molar-refractivity contribution in [2.24, 2.45) is 23.2 Å². The van der Waals surface area contributed by atoms with Crippen molar-refractivity contribution in [2.45, 2.75) is 56.4 Å². The van der Waals surface area contributed by atoms with Crippen molar-refractivity contribution in [1.29, 1.82) is 0 Å². The van der Waals surface area contributed by atoms with Gasteiger partial charge in [-0.05, 0) is 80.8 Å². The highest BCUT2D eigenvalue weighted by atomic mass is 32.2. The molecule has 158 valence electrons. The third kappa shape index (κ3) is 4.06. The molecule has 1 atom stereocenters. The van der Waals surface area contributed by atoms with Crippen LogP contribution < -0.4 is 5.32 Å². The fourth-order valence-electron chi connectivity index (χ4n) is 6.31. The number of carbonyl (C=O) groups excluding carboxylic acids is 2. The van der Waals surface area contributed by atoms with Crippen LogP contribution in [-0.2, 0) is 19.4 Å². The molecule has 4 aliphatic carbocycles. The van der Waals surface area contributed by atoms with E-state index in [1.165, 1.54) is 50.7 Å². The van der Waals surface area contributed by atoms with Crippen LogP contribution in [0.3, 0.4) is 0 Å². The minimum Gasteiger partial charge on any atom is -0.452 e. The Morgan fingerprint density at radius 1 is 1.10 bits per heavy atom. The summed E-state index contributed by atoms with van der Waals surface area (Å²) >= 11 is 0. The molecular weight excluding hydrogens is 390 g/mol. The van der Waals surface area contributed by atoms with E-state index in [-0.39, 0.29) is 27.8 Å². The first-order chi connectivity index (χ1) is 13.7. The first-order valence-corrected chi connectivity index (χ1v) is 12.3. The van der Waals surface area contributed by atoms with Crippen molar-refractivity contribution < 1.29 is 22.7 Å². The van der Waals surface area contributed by atoms with Crippen LogP contribution >= 0.6 is 0 Å². The van der Waals surface area contributed by atoms with Gasteiger partial charge in [0.05, 0.1) is 10.5 Å². The molecule has 0 unspecified atom stereocenters. The lowest BCUT2D eigenvalue weighted by Gasteiger charge is -2.59. The van der Waals surface area contributed by atoms with E-state index in [0.29, 0.717) is 0 Å². The maximum Gasteiger partial charge on any atom is 0.339 e. The number of ether oxygens (including phenoxy) is 1. The molecule has 0 aliphatic heterocycles. The number of carbonyl (C=O) groups is 2. The van der Waals surface area contributed by atoms with Gasteiger partial charge in [0.15, 0.2) is 16.4 Å². The Balaban J connectivity index is 1.36. The SMILES string of the molecule is C[C@@H](NC(=O)COC(=O)c1ccccc1S(C)(=O)=O)C12CC3CC(CC(C3)C1)C2. The van der Waals surface area contributed by atoms with Gasteiger partial charge in [-0.2, -0.15) is 0 Å². The Labute approximate surface area is 172 Å². The average Bonchev–Trinajstić information content (AvgIpc) is 2.64. The Kier molecular flexibility index (Phi) is 5.21. The molecule has 7 heteroatoms. The maximum atomic E-state index is 12.5. The van der Waals surface area contributed by atoms with Crippen molar-refractivity contribution in [2.75, 3.05) is 12.9 Å². The van der Waals surface area contributed by atoms with Crippen molar-refractivity contribution in [3.05, 3.63) is 29.8 Å². The van der Waals surface area contributed by atoms with E-state index >= 15 is 0 Å². The predicted octanol–water partition coefficient (Wildman–Crippen LogP) is 2.97. The molecule has 4 fully saturated rings. The largest absolute Gasteiger partial charge is 0.452 e. The lowest BCUT2D eigenvalue weighted by atomic mass is 9.48. The molecule has 0 heterocycles. The summed E-state index contributed by atoms with van der Waals surface area (Å²) in [5.74, 6) is 1.25. The molecule has 4 bridgehead atoms. The minimum absolute atomic E-state index is 0.0445. The average molecular weight is 420 g/mol. The molecule has 6 nitrogen and oxygen atoms in total. The summed E-state index contributed by atoms with van der Waals surface area (Å²) in [5.41, 5.74) is 0.133. The normalized spacial score (nSPS) is 31.3. The van der Waals surface area contributed by atoms with Crippen LogP contribution in [0, 0.1) is 23.2 Å². The van der Waals surface area contributed by atoms with E-state index in [1.54, 1.807) is 12.1 Å². The monoisotopic (exact) mass is 419 g/mol. The second-order valence-corrected chi connectivity index (χ2v) is 11.4. The molecule has 5 rings (SSSR count). The molecule has 4 aliphatic rings. The first-order valence-electron chi connectivity index (χ1n) is 10.4. The smallest absolute Gasteiger partial charge is 0.339 e. The van der Waals surface area contributed by atoms with Gasteiger partial charge in [-0.1, -0.05) is 12.1 Å². The van der Waals surface area contributed by atoms with Crippen molar-refractivity contribution in [3.63, 3.8) is 0 Å². The highest BCUT2D eigenvalue weighted by molar-refractivity contribution is 7.90. The predicted molar refractivity (Wildman–Crippen MR) is 108 cm³/mol. The standard InChI is InChI=1S/C22H29NO5S/c1-14(22-10-15-7-16(11-22)9-17(8-15)12-22)23-20(24)13-28-21(25)18-5-3-4-6-19(18)29(2,26)27/h3-6,14-17H,7-13H2,1-2H3,(H,23,24)/t14-,15?,16?,17?,22?/m1/s1. The minimum atomic E-state index is -3.56. The molecule has 1 aromatic carbocycles. The zero-order chi connectivity index (χ0) is 20.8. The highest BCUT2D eigenvalue weighted by Crippen LogP contribution is 2.61. The van der Waals surface area contributed by atoms with Crippen LogP contribution in [0.1, 0.15) is 55.8 Å². The lowest BCUT2D eigenvalue weighted by Crippen LogP contribution is -2.56. The van der Waals surface area contributed by atoms with Gasteiger partial charge in [0, 0.05) is 12.3 Å². The Bertz CT molecular complexity index is 888. The van der Waals surface area contributed by atoms with Crippen molar-refractivity contribution >= 4 is 21.7 Å². The number of hydrogen-bond donors (Lipinski definition) is 1. The summed E-state index contributed by atoms with van der Waals surface area (Å²) in [6, 6.07) is 5.92. The number of sulfone groups is 1. The van der Waals surface area contributed by atoms with Gasteiger partial charge >= 0.3 is 5.97 Å². The second kappa shape index (κ2) is 7.42. The maximum absolute atomic E-state index is 12.5. The molecule has 0 aromatic heterocycles. The zero-order valence-corrected chi connectivity index (χ0v) is 17.8. The van der Waals surface area contributed by atoms with Crippen LogP contribution in [-0.4, -0.2) is 39.2 Å². The van der Waals surface area contributed by atoms with Crippen LogP contribution in [0.5, 0.6) is 0 Å². The van der Waals surface area contributed by atoms with Gasteiger partial charge < -0.3 is 10.1 Å². The third-order valence-electron chi connectivity index (χ3n) is 7.22. The summed E-state index contributed by atoms with van der Waals surface area (Å²) in [6.45, 7) is 1.67. The van der Waals surface area contributed by atoms with Gasteiger partial charge in [0.25, 0.3) is 5.91 Å². The fourth-order valence-corrected chi connectivity index (χ4v) is 7.19. The summed E-state index contributed by atoms with van der Waals surface area (Å²) in [4.78, 5) is 24.7. The van der Waals surface area contributed by atoms with Gasteiger partial charge in [0.2, 0.25) is 0 Å². The van der Waals surface area contributed by atoms with E-state index in [4.69, 9.17) is 4.74 Å². The van der Waals surface area contributed by atoms with Gasteiger partial charge in [0.1, 0.15) is 0 Å². The highest BCUT2D eigenvalue weighted by Gasteiger charge is 2.53. The molecule has 1 amide bonds. The molecule has 0 saturated heterocycles. The van der Waals surface area contributed by atoms with Crippen LogP contribution in [0.4, 0.5) is 0 Å². The fraction of sp³-hybridized carbons (Fsp3) is 0.636. The Morgan fingerprint density at radius 3 is 2.21 bits per heavy atom. The number of esters is 1. The van der Waals surface area contributed by atoms with Crippen molar-refractivity contribution in [1.82, 2.24) is 5.32 Å². The molecule has 0 radical (unpaired) electrons. The number of rotatable bonds is 6. The van der Waals surface area contributed by atoms with Crippen LogP contribution in [0.2, 0.25) is 0 Å². The van der Waals surface area contributed by atoms with E-state index in [9.17, 15) is 18.0 Å². The van der Waals surface area contributed by atoms with E-state index in [2.05, 4.69) is 12.2 Å². The quantitative estimate of drug-likeness (QED) is 0.716. The van der Waals surface area contributed by atoms with Gasteiger partial charge in [-0.25, -0.2) is 13.2 Å². The van der Waals surface area contributed by atoms with E-state index in [0.717, 1.165) is 24.0 Å². The number of amides is 1. The molecular formula is C22H29NO5S. The van der Waals surface area contributed by atoms with Crippen molar-refractivity contribution in [3.8, 4) is 0 Å². The van der Waals surface area contributed by atoms with Gasteiger partial charge in [-0.15, -0.1) is 0 Å². The summed E-state index contributed by atoms with van der Waals surface area (Å²) in [7, 11) is -3.56. The second-order valence-electron chi connectivity index (χ2n) is 9.41. The number of hydrogen-bond acceptors (Lipinski definition) is 5. The molecule has 1 N–H and O–H groups in total. The molecule has 29 heavy (non-hydrogen) atoms. The van der Waals surface area contributed by atoms with E-state index in [1.807, 2.05) is 0 Å². The third-order valence-corrected chi connectivity index (χ3v) is 8.38. The molecule has 0 spiro atoms. The lowest BCUT2D eigenvalue weighted by molar-refractivity contribution is -0.128. The molecule has 1 aromatic rings. The first kappa shape index (κ1) is 20.4. The Hall–Kier alpha value is -1.89. The topological polar surface area (TPSA) is 89.5 Å². The summed E-state index contributed by atoms with van der Waals surface area (Å²) in [5, 5.41) is 3.05. The number of benzene rings is 1. The summed E-state index contributed by atoms with van der Waals surface area (Å²) < 4.78 is 28.9.